The minimum absolute atomic E-state index is 0.222. The van der Waals surface area contributed by atoms with Crippen molar-refractivity contribution in [2.75, 3.05) is 0 Å². The Morgan fingerprint density at radius 1 is 1.25 bits per heavy atom. The van der Waals surface area contributed by atoms with E-state index in [1.54, 1.807) is 6.92 Å². The maximum atomic E-state index is 8.44. The topological polar surface area (TPSA) is 51.2 Å². The first kappa shape index (κ1) is 11.1. The zero-order valence-electron chi connectivity index (χ0n) is 3.97. The van der Waals surface area contributed by atoms with Crippen LogP contribution in [0.1, 0.15) is 6.92 Å². The van der Waals surface area contributed by atoms with Crippen molar-refractivity contribution in [2.24, 2.45) is 0 Å². The Kier molecular flexibility index (Phi) is 9.95. The number of hydrogen-bond donors (Lipinski definition) is 0. The van der Waals surface area contributed by atoms with Gasteiger partial charge in [-0.2, -0.15) is 0 Å². The molecule has 50 valence electrons. The summed E-state index contributed by atoms with van der Waals surface area (Å²) in [7, 11) is -3.11. The summed E-state index contributed by atoms with van der Waals surface area (Å²) in [6.07, 6.45) is 0. The molecule has 0 aliphatic rings. The van der Waals surface area contributed by atoms with E-state index in [-0.39, 0.29) is 4.84 Å². The molecule has 0 bridgehead atoms. The third-order valence-corrected chi connectivity index (χ3v) is 0. The molecule has 0 atom stereocenters. The van der Waals surface area contributed by atoms with Crippen LogP contribution in [0, 0.1) is 0 Å². The predicted molar refractivity (Wildman–Crippen MR) is 30.9 cm³/mol. The monoisotopic (exact) mass is 178 g/mol. The molecule has 0 aromatic rings. The average Bonchev–Trinajstić information content (AvgIpc) is 1.25. The van der Waals surface area contributed by atoms with E-state index < -0.39 is 10.6 Å². The summed E-state index contributed by atoms with van der Waals surface area (Å²) >= 11 is 10.1. The molecule has 0 amide bonds. The molecule has 0 unspecified atom stereocenters. The zero-order chi connectivity index (χ0) is 7.15. The summed E-state index contributed by atoms with van der Waals surface area (Å²) in [4.78, 5) is -0.222. The van der Waals surface area contributed by atoms with Crippen LogP contribution in [-0.4, -0.2) is 17.5 Å². The second kappa shape index (κ2) is 7.20. The molecular formula is C2H4Cl2O3S. The highest BCUT2D eigenvalue weighted by atomic mass is 35.5. The molecule has 3 nitrogen and oxygen atoms in total. The maximum absolute atomic E-state index is 8.44. The molecule has 0 saturated carbocycles. The van der Waals surface area contributed by atoms with Gasteiger partial charge in [-0.15, -0.1) is 35.8 Å². The van der Waals surface area contributed by atoms with Gasteiger partial charge in [0.25, 0.3) is 0 Å². The molecule has 0 radical (unpaired) electrons. The van der Waals surface area contributed by atoms with E-state index in [0.29, 0.717) is 0 Å². The summed E-state index contributed by atoms with van der Waals surface area (Å²) in [6.45, 7) is 1.70. The fourth-order valence-electron chi connectivity index (χ4n) is 0. The van der Waals surface area contributed by atoms with Gasteiger partial charge in [0.15, 0.2) is 0 Å². The van der Waals surface area contributed by atoms with Crippen LogP contribution in [0.3, 0.4) is 0 Å². The van der Waals surface area contributed by atoms with Gasteiger partial charge in [0.2, 0.25) is 0 Å². The highest BCUT2D eigenvalue weighted by Crippen LogP contribution is 1.95. The molecule has 0 saturated heterocycles. The predicted octanol–water partition coefficient (Wildman–Crippen LogP) is 0.806. The normalized spacial score (nSPS) is 7.50. The van der Waals surface area contributed by atoms with Gasteiger partial charge in [-0.1, -0.05) is 0 Å². The first-order chi connectivity index (χ1) is 3.46. The van der Waals surface area contributed by atoms with Crippen molar-refractivity contribution in [2.45, 2.75) is 11.8 Å². The lowest BCUT2D eigenvalue weighted by Gasteiger charge is -1.72. The molecule has 8 heavy (non-hydrogen) atoms. The van der Waals surface area contributed by atoms with E-state index in [4.69, 9.17) is 35.8 Å². The van der Waals surface area contributed by atoms with Crippen LogP contribution in [0.2, 0.25) is 0 Å². The van der Waals surface area contributed by atoms with Gasteiger partial charge in [-0.3, -0.25) is 0 Å². The zero-order valence-corrected chi connectivity index (χ0v) is 6.29. The molecule has 0 fully saturated rings. The van der Waals surface area contributed by atoms with E-state index in [2.05, 4.69) is 0 Å². The van der Waals surface area contributed by atoms with Crippen molar-refractivity contribution < 1.29 is 12.6 Å². The smallest absolute Gasteiger partial charge is 0.142 e. The van der Waals surface area contributed by atoms with Crippen molar-refractivity contribution in [3.8, 4) is 0 Å². The second-order valence-electron chi connectivity index (χ2n) is 0.723. The maximum Gasteiger partial charge on any atom is 0.425 e. The summed E-state index contributed by atoms with van der Waals surface area (Å²) in [6, 6.07) is 0. The summed E-state index contributed by atoms with van der Waals surface area (Å²) < 4.78 is 25.3. The lowest BCUT2D eigenvalue weighted by Crippen LogP contribution is -1.63. The van der Waals surface area contributed by atoms with E-state index in [1.807, 2.05) is 0 Å². The van der Waals surface area contributed by atoms with E-state index >= 15 is 0 Å². The molecule has 0 aromatic carbocycles. The van der Waals surface area contributed by atoms with E-state index in [1.165, 1.54) is 0 Å². The molecule has 0 heterocycles. The Morgan fingerprint density at radius 2 is 1.25 bits per heavy atom. The van der Waals surface area contributed by atoms with Gasteiger partial charge >= 0.3 is 10.6 Å². The van der Waals surface area contributed by atoms with Crippen LogP contribution in [0.5, 0.6) is 0 Å². The number of halogens is 2. The number of rotatable bonds is 0. The van der Waals surface area contributed by atoms with Gasteiger partial charge in [-0.25, -0.2) is 0 Å². The van der Waals surface area contributed by atoms with Crippen molar-refractivity contribution in [1.29, 1.82) is 0 Å². The summed E-state index contributed by atoms with van der Waals surface area (Å²) in [5.74, 6) is 0. The van der Waals surface area contributed by atoms with Crippen LogP contribution in [0.4, 0.5) is 0 Å². The van der Waals surface area contributed by atoms with Gasteiger partial charge in [0.05, 0.1) is 0 Å². The second-order valence-corrected chi connectivity index (χ2v) is 2.66. The average molecular weight is 179 g/mol. The van der Waals surface area contributed by atoms with Crippen LogP contribution >= 0.6 is 23.2 Å². The lowest BCUT2D eigenvalue weighted by atomic mass is 11.0. The van der Waals surface area contributed by atoms with Crippen molar-refractivity contribution in [3.63, 3.8) is 0 Å². The Balaban J connectivity index is 0. The Morgan fingerprint density at radius 3 is 1.25 bits per heavy atom. The third kappa shape index (κ3) is 4190. The molecular weight excluding hydrogens is 175 g/mol. The first-order valence-electron chi connectivity index (χ1n) is 1.51. The third-order valence-electron chi connectivity index (χ3n) is 0. The lowest BCUT2D eigenvalue weighted by molar-refractivity contribution is 0.559. The van der Waals surface area contributed by atoms with Crippen LogP contribution in [0.25, 0.3) is 0 Å². The standard InChI is InChI=1S/C2H4Cl2.O3S/c1-2(3)4;1-4(2)3/h2H,1H3;. The van der Waals surface area contributed by atoms with E-state index in [9.17, 15) is 0 Å². The highest BCUT2D eigenvalue weighted by molar-refractivity contribution is 7.59. The van der Waals surface area contributed by atoms with Crippen molar-refractivity contribution in [3.05, 3.63) is 0 Å². The van der Waals surface area contributed by atoms with E-state index in [0.717, 1.165) is 0 Å². The number of hydrogen-bond acceptors (Lipinski definition) is 3. The fraction of sp³-hybridized carbons (Fsp3) is 1.00. The van der Waals surface area contributed by atoms with Crippen LogP contribution < -0.4 is 0 Å². The van der Waals surface area contributed by atoms with Crippen molar-refractivity contribution in [1.82, 2.24) is 0 Å². The minimum atomic E-state index is -3.11. The minimum Gasteiger partial charge on any atom is -0.142 e. The molecule has 0 aliphatic carbocycles. The molecule has 6 heteroatoms. The van der Waals surface area contributed by atoms with Gasteiger partial charge in [0.1, 0.15) is 4.84 Å². The molecule has 0 N–H and O–H groups in total. The highest BCUT2D eigenvalue weighted by Gasteiger charge is 1.75. The van der Waals surface area contributed by atoms with Gasteiger partial charge in [-0.05, 0) is 6.92 Å². The molecule has 0 rings (SSSR count). The molecule has 0 aliphatic heterocycles. The SMILES string of the molecule is CC(Cl)Cl.O=S(=O)=O. The summed E-state index contributed by atoms with van der Waals surface area (Å²) in [5, 5.41) is 0. The summed E-state index contributed by atoms with van der Waals surface area (Å²) in [5.41, 5.74) is 0. The van der Waals surface area contributed by atoms with Gasteiger partial charge in [0, 0.05) is 0 Å². The quantitative estimate of drug-likeness (QED) is 0.517. The first-order valence-corrected chi connectivity index (χ1v) is 3.39. The fourth-order valence-corrected chi connectivity index (χ4v) is 0. The van der Waals surface area contributed by atoms with Crippen LogP contribution in [0.15, 0.2) is 0 Å². The molecule has 0 aromatic heterocycles. The molecule has 0 spiro atoms. The van der Waals surface area contributed by atoms with Gasteiger partial charge < -0.3 is 0 Å². The number of alkyl halides is 2. The van der Waals surface area contributed by atoms with Crippen LogP contribution in [-0.2, 0) is 10.6 Å². The van der Waals surface area contributed by atoms with Crippen molar-refractivity contribution >= 4 is 33.8 Å². The Hall–Kier alpha value is 0.200. The largest absolute Gasteiger partial charge is 0.425 e. The Bertz CT molecular complexity index is 113. The Labute approximate surface area is 58.7 Å².